The zero-order valence-corrected chi connectivity index (χ0v) is 14.9. The first kappa shape index (κ1) is 16.8. The molecule has 23 heavy (non-hydrogen) atoms. The van der Waals surface area contributed by atoms with Crippen LogP contribution in [0.4, 0.5) is 0 Å². The van der Waals surface area contributed by atoms with E-state index in [1.54, 1.807) is 18.2 Å². The lowest BCUT2D eigenvalue weighted by molar-refractivity contribution is 0.0374. The second-order valence-electron chi connectivity index (χ2n) is 6.25. The summed E-state index contributed by atoms with van der Waals surface area (Å²) >= 11 is 6.01. The van der Waals surface area contributed by atoms with Crippen LogP contribution in [0.25, 0.3) is 0 Å². The lowest BCUT2D eigenvalue weighted by atomic mass is 9.64. The number of fused-ring (bicyclic) bond motifs is 3. The molecular formula is C15H20ClN2O4P. The normalized spacial score (nSPS) is 25.5. The first-order valence-electron chi connectivity index (χ1n) is 7.57. The van der Waals surface area contributed by atoms with Gasteiger partial charge in [0.1, 0.15) is 12.4 Å². The van der Waals surface area contributed by atoms with Crippen molar-refractivity contribution in [3.8, 4) is 5.75 Å². The summed E-state index contributed by atoms with van der Waals surface area (Å²) in [6.07, 6.45) is 1.09. The van der Waals surface area contributed by atoms with Crippen molar-refractivity contribution in [2.24, 2.45) is 10.5 Å². The van der Waals surface area contributed by atoms with E-state index in [4.69, 9.17) is 16.3 Å². The average Bonchev–Trinajstić information content (AvgIpc) is 2.76. The van der Waals surface area contributed by atoms with Crippen LogP contribution in [-0.2, 0) is 4.57 Å². The fourth-order valence-electron chi connectivity index (χ4n) is 3.95. The lowest BCUT2D eigenvalue weighted by Gasteiger charge is -2.48. The van der Waals surface area contributed by atoms with E-state index in [0.29, 0.717) is 35.9 Å². The van der Waals surface area contributed by atoms with E-state index >= 15 is 0 Å². The lowest BCUT2D eigenvalue weighted by Crippen LogP contribution is -2.57. The number of ether oxygens (including phenoxy) is 1. The third kappa shape index (κ3) is 2.16. The topological polar surface area (TPSA) is 82.4 Å². The Labute approximate surface area is 140 Å². The van der Waals surface area contributed by atoms with Gasteiger partial charge in [-0.1, -0.05) is 25.4 Å². The minimum absolute atomic E-state index is 0.303. The van der Waals surface area contributed by atoms with Crippen LogP contribution < -0.4 is 4.74 Å². The molecule has 2 heterocycles. The van der Waals surface area contributed by atoms with Crippen molar-refractivity contribution in [3.63, 3.8) is 0 Å². The maximum Gasteiger partial charge on any atom is 0.446 e. The summed E-state index contributed by atoms with van der Waals surface area (Å²) < 4.78 is 19.0. The fourth-order valence-corrected chi connectivity index (χ4v) is 5.32. The Morgan fingerprint density at radius 2 is 2.04 bits per heavy atom. The van der Waals surface area contributed by atoms with E-state index in [-0.39, 0.29) is 0 Å². The van der Waals surface area contributed by atoms with Crippen LogP contribution in [0.2, 0.25) is 5.02 Å². The van der Waals surface area contributed by atoms with Crippen molar-refractivity contribution in [1.82, 2.24) is 4.78 Å². The van der Waals surface area contributed by atoms with Crippen LogP contribution in [0.5, 0.6) is 5.75 Å². The molecule has 0 fully saturated rings. The minimum atomic E-state index is -4.54. The summed E-state index contributed by atoms with van der Waals surface area (Å²) in [5, 5.41) is 4.93. The van der Waals surface area contributed by atoms with Crippen LogP contribution in [-0.4, -0.2) is 32.4 Å². The maximum absolute atomic E-state index is 12.1. The van der Waals surface area contributed by atoms with Gasteiger partial charge < -0.3 is 14.5 Å². The van der Waals surface area contributed by atoms with Crippen LogP contribution in [0.3, 0.4) is 0 Å². The number of nitrogens with zero attached hydrogens (tertiary/aromatic N) is 2. The van der Waals surface area contributed by atoms with E-state index < -0.39 is 18.7 Å². The molecular weight excluding hydrogens is 339 g/mol. The fraction of sp³-hybridized carbons (Fsp3) is 0.533. The summed E-state index contributed by atoms with van der Waals surface area (Å²) in [4.78, 5) is 19.7. The Bertz CT molecular complexity index is 728. The Morgan fingerprint density at radius 1 is 1.39 bits per heavy atom. The van der Waals surface area contributed by atoms with Gasteiger partial charge in [-0.3, -0.25) is 0 Å². The van der Waals surface area contributed by atoms with Gasteiger partial charge in [0.2, 0.25) is 0 Å². The number of halogens is 1. The van der Waals surface area contributed by atoms with Crippen LogP contribution >= 0.6 is 19.3 Å². The Balaban J connectivity index is 2.25. The number of hydrogen-bond acceptors (Lipinski definition) is 3. The van der Waals surface area contributed by atoms with Gasteiger partial charge in [-0.2, -0.15) is 9.88 Å². The molecule has 8 heteroatoms. The number of benzene rings is 1. The summed E-state index contributed by atoms with van der Waals surface area (Å²) in [7, 11) is -4.54. The van der Waals surface area contributed by atoms with E-state index in [1.165, 1.54) is 0 Å². The summed E-state index contributed by atoms with van der Waals surface area (Å²) in [5.74, 6) is 0.599. The zero-order valence-electron chi connectivity index (χ0n) is 13.3. The quantitative estimate of drug-likeness (QED) is 0.809. The van der Waals surface area contributed by atoms with Crippen LogP contribution in [0, 0.1) is 5.41 Å². The van der Waals surface area contributed by atoms with Crippen molar-refractivity contribution < 1.29 is 19.1 Å². The molecule has 2 N–H and O–H groups in total. The number of hydrazone groups is 1. The van der Waals surface area contributed by atoms with Gasteiger partial charge in [-0.25, -0.2) is 4.57 Å². The molecule has 0 bridgehead atoms. The van der Waals surface area contributed by atoms with Gasteiger partial charge in [0.25, 0.3) is 0 Å². The minimum Gasteiger partial charge on any atom is -0.492 e. The van der Waals surface area contributed by atoms with Crippen molar-refractivity contribution in [1.29, 1.82) is 0 Å². The molecule has 3 rings (SSSR count). The maximum atomic E-state index is 12.1. The predicted molar refractivity (Wildman–Crippen MR) is 88.8 cm³/mol. The molecule has 2 aliphatic rings. The Hall–Kier alpha value is -1.07. The molecule has 1 aromatic carbocycles. The van der Waals surface area contributed by atoms with Gasteiger partial charge in [0.15, 0.2) is 0 Å². The molecule has 0 aromatic heterocycles. The molecule has 0 saturated heterocycles. The highest BCUT2D eigenvalue weighted by Crippen LogP contribution is 2.61. The van der Waals surface area contributed by atoms with Crippen LogP contribution in [0.1, 0.15) is 39.2 Å². The first-order chi connectivity index (χ1) is 10.7. The van der Waals surface area contributed by atoms with E-state index in [0.717, 1.165) is 10.3 Å². The second kappa shape index (κ2) is 5.21. The summed E-state index contributed by atoms with van der Waals surface area (Å²) in [6.45, 7) is 6.11. The molecule has 0 amide bonds. The molecule has 2 aliphatic heterocycles. The van der Waals surface area contributed by atoms with Gasteiger partial charge in [-0.05, 0) is 38.0 Å². The molecule has 6 nitrogen and oxygen atoms in total. The monoisotopic (exact) mass is 358 g/mol. The standard InChI is InChI=1S/C15H20ClN2O4P/c1-4-15(5-2)14(3)9-22-12-8-10(16)6-7-11(12)13(14)17-18(15)23(19,20)21/h6-8H,4-5,9H2,1-3H3,(H2,19,20,21). The van der Waals surface area contributed by atoms with Crippen molar-refractivity contribution in [2.45, 2.75) is 39.2 Å². The molecule has 0 saturated carbocycles. The predicted octanol–water partition coefficient (Wildman–Crippen LogP) is 3.41. The molecule has 1 aromatic rings. The third-order valence-electron chi connectivity index (χ3n) is 5.26. The molecule has 1 unspecified atom stereocenters. The number of rotatable bonds is 3. The zero-order chi connectivity index (χ0) is 17.0. The van der Waals surface area contributed by atoms with Crippen molar-refractivity contribution in [3.05, 3.63) is 28.8 Å². The highest BCUT2D eigenvalue weighted by molar-refractivity contribution is 7.49. The molecule has 1 atom stereocenters. The molecule has 0 aliphatic carbocycles. The third-order valence-corrected chi connectivity index (χ3v) is 6.46. The van der Waals surface area contributed by atoms with Crippen molar-refractivity contribution in [2.75, 3.05) is 6.61 Å². The summed E-state index contributed by atoms with van der Waals surface area (Å²) in [6, 6.07) is 5.24. The van der Waals surface area contributed by atoms with E-state index in [2.05, 4.69) is 5.10 Å². The van der Waals surface area contributed by atoms with Crippen molar-refractivity contribution >= 4 is 25.1 Å². The van der Waals surface area contributed by atoms with Gasteiger partial charge >= 0.3 is 7.75 Å². The highest BCUT2D eigenvalue weighted by atomic mass is 35.5. The largest absolute Gasteiger partial charge is 0.492 e. The second-order valence-corrected chi connectivity index (χ2v) is 8.09. The summed E-state index contributed by atoms with van der Waals surface area (Å²) in [5.41, 5.74) is -0.00949. The van der Waals surface area contributed by atoms with Gasteiger partial charge in [0, 0.05) is 10.6 Å². The SMILES string of the molecule is CCC1(CC)N(P(=O)(O)O)N=C2c3ccc(Cl)cc3OCC21C. The molecule has 0 spiro atoms. The van der Waals surface area contributed by atoms with E-state index in [9.17, 15) is 14.4 Å². The van der Waals surface area contributed by atoms with Gasteiger partial charge in [-0.15, -0.1) is 0 Å². The molecule has 0 radical (unpaired) electrons. The highest BCUT2D eigenvalue weighted by Gasteiger charge is 2.63. The Morgan fingerprint density at radius 3 is 2.61 bits per heavy atom. The Kier molecular flexibility index (Phi) is 3.80. The first-order valence-corrected chi connectivity index (χ1v) is 9.52. The smallest absolute Gasteiger partial charge is 0.446 e. The van der Waals surface area contributed by atoms with Crippen LogP contribution in [0.15, 0.2) is 23.3 Å². The average molecular weight is 359 g/mol. The number of hydrogen-bond donors (Lipinski definition) is 2. The van der Waals surface area contributed by atoms with E-state index in [1.807, 2.05) is 20.8 Å². The molecule has 126 valence electrons. The van der Waals surface area contributed by atoms with Gasteiger partial charge in [0.05, 0.1) is 16.7 Å².